The van der Waals surface area contributed by atoms with Gasteiger partial charge in [0.25, 0.3) is 11.5 Å². The number of carbonyl (C=O) groups is 3. The number of carboxylic acid groups (broad SMARTS) is 2. The first-order valence-corrected chi connectivity index (χ1v) is 10.5. The van der Waals surface area contributed by atoms with Gasteiger partial charge in [-0.25, -0.2) is 9.78 Å². The number of rotatable bonds is 9. The minimum atomic E-state index is -1.29. The van der Waals surface area contributed by atoms with E-state index in [0.29, 0.717) is 28.1 Å². The number of carbonyl (C=O) groups excluding carboxylic acids is 1. The summed E-state index contributed by atoms with van der Waals surface area (Å²) in [5.41, 5.74) is 1.29. The fourth-order valence-corrected chi connectivity index (χ4v) is 4.03. The molecule has 0 aliphatic carbocycles. The number of aromatic amines is 1. The number of benzene rings is 1. The second-order valence-electron chi connectivity index (χ2n) is 7.29. The molecule has 172 valence electrons. The summed E-state index contributed by atoms with van der Waals surface area (Å²) >= 11 is 1.18. The number of aromatic nitrogens is 2. The summed E-state index contributed by atoms with van der Waals surface area (Å²) in [4.78, 5) is 55.8. The van der Waals surface area contributed by atoms with Gasteiger partial charge >= 0.3 is 71.1 Å². The predicted molar refractivity (Wildman–Crippen MR) is 134 cm³/mol. The number of H-pyrrole nitrogens is 1. The molecule has 13 heteroatoms. The first kappa shape index (κ1) is 30.3. The van der Waals surface area contributed by atoms with E-state index in [2.05, 4.69) is 15.3 Å². The average molecular weight is 506 g/mol. The van der Waals surface area contributed by atoms with Gasteiger partial charge in [0.1, 0.15) is 11.9 Å². The van der Waals surface area contributed by atoms with Gasteiger partial charge in [-0.15, -0.1) is 11.3 Å². The minimum absolute atomic E-state index is 0. The zero-order chi connectivity index (χ0) is 23.4. The topological polar surface area (TPSA) is 153 Å². The normalized spacial score (nSPS) is 11.1. The molecule has 3 aromatic rings. The third-order valence-electron chi connectivity index (χ3n) is 4.75. The van der Waals surface area contributed by atoms with Gasteiger partial charge in [-0.1, -0.05) is 6.07 Å². The molecule has 0 spiro atoms. The maximum absolute atomic E-state index is 12.4. The van der Waals surface area contributed by atoms with E-state index in [-0.39, 0.29) is 77.5 Å². The molecule has 1 atom stereocenters. The van der Waals surface area contributed by atoms with Crippen LogP contribution in [0.5, 0.6) is 0 Å². The first-order chi connectivity index (χ1) is 15.1. The molecule has 3 rings (SSSR count). The molecule has 34 heavy (non-hydrogen) atoms. The van der Waals surface area contributed by atoms with Crippen LogP contribution in [-0.2, 0) is 16.1 Å². The van der Waals surface area contributed by atoms with Crippen molar-refractivity contribution >= 4 is 104 Å². The van der Waals surface area contributed by atoms with E-state index in [1.54, 1.807) is 31.2 Å². The van der Waals surface area contributed by atoms with Gasteiger partial charge in [-0.2, -0.15) is 0 Å². The summed E-state index contributed by atoms with van der Waals surface area (Å²) in [7, 11) is 1.84. The molecule has 10 nitrogen and oxygen atoms in total. The van der Waals surface area contributed by atoms with Crippen LogP contribution in [0.25, 0.3) is 10.9 Å². The number of aryl methyl sites for hydroxylation is 1. The van der Waals surface area contributed by atoms with Crippen molar-refractivity contribution in [3.63, 3.8) is 0 Å². The van der Waals surface area contributed by atoms with Crippen LogP contribution >= 0.6 is 11.3 Å². The summed E-state index contributed by atoms with van der Waals surface area (Å²) in [5, 5.41) is 21.6. The number of hydrogen-bond acceptors (Lipinski definition) is 7. The SMILES string of the molecule is Cc1nc2ccc(CN(C)c3ccc(C(=O)N[C@@H](CCC(=O)O)C(=O)O)s3)cc2c(=O)[nH]1.[NaH].[NaH]. The van der Waals surface area contributed by atoms with Crippen LogP contribution in [0.1, 0.15) is 33.9 Å². The summed E-state index contributed by atoms with van der Waals surface area (Å²) < 4.78 is 0. The number of thiophene rings is 1. The Hall–Kier alpha value is -1.73. The molecule has 4 N–H and O–H groups in total. The van der Waals surface area contributed by atoms with E-state index in [1.165, 1.54) is 11.3 Å². The Labute approximate surface area is 243 Å². The van der Waals surface area contributed by atoms with E-state index in [0.717, 1.165) is 10.6 Å². The molecule has 0 aliphatic rings. The van der Waals surface area contributed by atoms with Crippen LogP contribution in [0.2, 0.25) is 0 Å². The third kappa shape index (κ3) is 7.91. The van der Waals surface area contributed by atoms with Crippen molar-refractivity contribution in [1.29, 1.82) is 0 Å². The van der Waals surface area contributed by atoms with E-state index < -0.39 is 23.9 Å². The standard InChI is InChI=1S/C21H22N4O6S.2Na.2H/c1-11-22-14-4-3-12(9-13(14)19(28)23-11)10-25(2)17-7-6-16(32-17)20(29)24-15(21(30)31)5-8-18(26)27;;;;/h3-4,6-7,9,15H,5,8,10H2,1-2H3,(H,24,29)(H,26,27)(H,30,31)(H,22,23,28);;;;/t15-;;;;/m0..../s1. The van der Waals surface area contributed by atoms with Crippen molar-refractivity contribution in [3.05, 3.63) is 57.0 Å². The molecule has 0 bridgehead atoms. The monoisotopic (exact) mass is 506 g/mol. The molecular weight excluding hydrogens is 482 g/mol. The van der Waals surface area contributed by atoms with Crippen LogP contribution in [0.4, 0.5) is 5.00 Å². The fourth-order valence-electron chi connectivity index (χ4n) is 3.16. The number of fused-ring (bicyclic) bond motifs is 1. The van der Waals surface area contributed by atoms with E-state index in [9.17, 15) is 24.3 Å². The molecule has 0 fully saturated rings. The van der Waals surface area contributed by atoms with Gasteiger partial charge in [0, 0.05) is 20.0 Å². The number of anilines is 1. The number of amides is 1. The number of aliphatic carboxylic acids is 2. The Morgan fingerprint density at radius 1 is 1.18 bits per heavy atom. The van der Waals surface area contributed by atoms with Crippen LogP contribution in [0, 0.1) is 6.92 Å². The molecule has 2 heterocycles. The second-order valence-corrected chi connectivity index (χ2v) is 8.36. The predicted octanol–water partition coefficient (Wildman–Crippen LogP) is 0.680. The van der Waals surface area contributed by atoms with E-state index in [4.69, 9.17) is 5.11 Å². The number of hydrogen-bond donors (Lipinski definition) is 4. The number of nitrogens with one attached hydrogen (secondary N) is 2. The van der Waals surface area contributed by atoms with Gasteiger partial charge in [-0.05, 0) is 43.2 Å². The zero-order valence-corrected chi connectivity index (χ0v) is 18.2. The summed E-state index contributed by atoms with van der Waals surface area (Å²) in [6.07, 6.45) is -0.566. The molecule has 2 aromatic heterocycles. The van der Waals surface area contributed by atoms with Crippen molar-refractivity contribution in [2.75, 3.05) is 11.9 Å². The molecule has 1 aromatic carbocycles. The van der Waals surface area contributed by atoms with Crippen LogP contribution in [0.3, 0.4) is 0 Å². The van der Waals surface area contributed by atoms with Crippen molar-refractivity contribution in [2.45, 2.75) is 32.4 Å². The van der Waals surface area contributed by atoms with Crippen LogP contribution in [0.15, 0.2) is 35.1 Å². The van der Waals surface area contributed by atoms with Gasteiger partial charge in [0.05, 0.1) is 20.8 Å². The Kier molecular flexibility index (Phi) is 11.9. The van der Waals surface area contributed by atoms with Gasteiger partial charge in [0.15, 0.2) is 0 Å². The quantitative estimate of drug-likeness (QED) is 0.309. The molecule has 0 saturated heterocycles. The summed E-state index contributed by atoms with van der Waals surface area (Å²) in [6.45, 7) is 2.19. The zero-order valence-electron chi connectivity index (χ0n) is 17.4. The average Bonchev–Trinajstić information content (AvgIpc) is 3.21. The Morgan fingerprint density at radius 2 is 1.88 bits per heavy atom. The number of carboxylic acids is 2. The Balaban J connectivity index is 0.00000289. The van der Waals surface area contributed by atoms with Crippen LogP contribution < -0.4 is 15.8 Å². The summed E-state index contributed by atoms with van der Waals surface area (Å²) in [6, 6.07) is 7.49. The van der Waals surface area contributed by atoms with Gasteiger partial charge in [-0.3, -0.25) is 14.4 Å². The molecule has 0 aliphatic heterocycles. The third-order valence-corrected chi connectivity index (χ3v) is 5.95. The van der Waals surface area contributed by atoms with Crippen molar-refractivity contribution in [1.82, 2.24) is 15.3 Å². The molecule has 1 amide bonds. The second kappa shape index (κ2) is 13.4. The number of nitrogens with zero attached hydrogens (tertiary/aromatic N) is 2. The Morgan fingerprint density at radius 3 is 2.53 bits per heavy atom. The van der Waals surface area contributed by atoms with E-state index in [1.807, 2.05) is 18.0 Å². The Bertz CT molecular complexity index is 1250. The molecular formula is C21H24N4Na2O6S. The molecule has 0 unspecified atom stereocenters. The van der Waals surface area contributed by atoms with Crippen LogP contribution in [-0.4, -0.2) is 110 Å². The fraction of sp³-hybridized carbons (Fsp3) is 0.286. The first-order valence-electron chi connectivity index (χ1n) is 9.70. The summed E-state index contributed by atoms with van der Waals surface area (Å²) in [5.74, 6) is -2.45. The van der Waals surface area contributed by atoms with Crippen molar-refractivity contribution in [3.8, 4) is 0 Å². The van der Waals surface area contributed by atoms with Gasteiger partial charge < -0.3 is 25.4 Å². The van der Waals surface area contributed by atoms with Crippen molar-refractivity contribution < 1.29 is 24.6 Å². The molecule has 0 radical (unpaired) electrons. The molecule has 0 saturated carbocycles. The van der Waals surface area contributed by atoms with E-state index >= 15 is 0 Å². The van der Waals surface area contributed by atoms with Gasteiger partial charge in [0.2, 0.25) is 0 Å². The maximum atomic E-state index is 12.4. The van der Waals surface area contributed by atoms with Crippen molar-refractivity contribution in [2.24, 2.45) is 0 Å².